The molecule has 0 spiro atoms. The van der Waals surface area contributed by atoms with Gasteiger partial charge in [0.2, 0.25) is 5.91 Å². The molecule has 0 aliphatic carbocycles. The molecule has 2 amide bonds. The number of nitrogens with one attached hydrogen (secondary N) is 1. The van der Waals surface area contributed by atoms with Crippen molar-refractivity contribution in [3.63, 3.8) is 0 Å². The molecule has 1 atom stereocenters. The number of hydrogen-bond acceptors (Lipinski definition) is 3. The van der Waals surface area contributed by atoms with E-state index in [0.29, 0.717) is 27.5 Å². The monoisotopic (exact) mass is 486 g/mol. The zero-order valence-electron chi connectivity index (χ0n) is 19.0. The fourth-order valence-electron chi connectivity index (χ4n) is 3.36. The number of hydrogen-bond donors (Lipinski definition) is 2. The Kier molecular flexibility index (Phi) is 7.69. The summed E-state index contributed by atoms with van der Waals surface area (Å²) in [6, 6.07) is 17.1. The molecule has 0 saturated carbocycles. The summed E-state index contributed by atoms with van der Waals surface area (Å²) in [7, 11) is 1.64. The first-order valence-electron chi connectivity index (χ1n) is 10.6. The Bertz CT molecular complexity index is 1180. The van der Waals surface area contributed by atoms with Crippen LogP contribution < -0.4 is 10.2 Å². The van der Waals surface area contributed by atoms with Gasteiger partial charge in [0.05, 0.1) is 17.1 Å². The SMILES string of the molecule is Cc1ccc(N(C)C(=O)c2ccc(NC(=O)Cc3ccc(C(F)(F)[C@H](C)O)cc3)cc2)c(Cl)c1. The van der Waals surface area contributed by atoms with Crippen molar-refractivity contribution in [2.45, 2.75) is 32.3 Å². The summed E-state index contributed by atoms with van der Waals surface area (Å²) in [5.74, 6) is -3.95. The highest BCUT2D eigenvalue weighted by Crippen LogP contribution is 2.32. The maximum atomic E-state index is 13.9. The smallest absolute Gasteiger partial charge is 0.298 e. The molecule has 3 rings (SSSR count). The van der Waals surface area contributed by atoms with Crippen LogP contribution in [0.25, 0.3) is 0 Å². The lowest BCUT2D eigenvalue weighted by molar-refractivity contribution is -0.115. The van der Waals surface area contributed by atoms with E-state index >= 15 is 0 Å². The predicted molar refractivity (Wildman–Crippen MR) is 130 cm³/mol. The number of halogens is 3. The number of rotatable bonds is 7. The van der Waals surface area contributed by atoms with Gasteiger partial charge < -0.3 is 15.3 Å². The van der Waals surface area contributed by atoms with E-state index in [2.05, 4.69) is 5.32 Å². The van der Waals surface area contributed by atoms with E-state index in [1.807, 2.05) is 13.0 Å². The maximum Gasteiger partial charge on any atom is 0.298 e. The molecule has 0 aliphatic heterocycles. The van der Waals surface area contributed by atoms with Crippen molar-refractivity contribution in [3.8, 4) is 0 Å². The van der Waals surface area contributed by atoms with E-state index in [1.165, 1.54) is 29.2 Å². The molecule has 0 unspecified atom stereocenters. The van der Waals surface area contributed by atoms with E-state index in [9.17, 15) is 23.5 Å². The highest BCUT2D eigenvalue weighted by molar-refractivity contribution is 6.34. The zero-order chi connectivity index (χ0) is 25.0. The van der Waals surface area contributed by atoms with E-state index in [0.717, 1.165) is 12.5 Å². The van der Waals surface area contributed by atoms with Gasteiger partial charge in [-0.1, -0.05) is 41.9 Å². The third-order valence-electron chi connectivity index (χ3n) is 5.41. The molecule has 0 heterocycles. The molecule has 0 fully saturated rings. The molecule has 0 saturated heterocycles. The van der Waals surface area contributed by atoms with Crippen LogP contribution in [0.2, 0.25) is 5.02 Å². The Labute approximate surface area is 202 Å². The van der Waals surface area contributed by atoms with Crippen molar-refractivity contribution in [2.75, 3.05) is 17.3 Å². The molecule has 0 radical (unpaired) electrons. The van der Waals surface area contributed by atoms with Crippen LogP contribution in [0.4, 0.5) is 20.2 Å². The number of aliphatic hydroxyl groups is 1. The van der Waals surface area contributed by atoms with Crippen molar-refractivity contribution in [2.24, 2.45) is 0 Å². The molecule has 0 aliphatic rings. The maximum absolute atomic E-state index is 13.9. The van der Waals surface area contributed by atoms with Crippen LogP contribution in [0.3, 0.4) is 0 Å². The third kappa shape index (κ3) is 5.79. The molecule has 5 nitrogen and oxygen atoms in total. The number of amides is 2. The number of benzene rings is 3. The fourth-order valence-corrected chi connectivity index (χ4v) is 3.72. The quantitative estimate of drug-likeness (QED) is 0.458. The van der Waals surface area contributed by atoms with Crippen molar-refractivity contribution >= 4 is 34.8 Å². The summed E-state index contributed by atoms with van der Waals surface area (Å²) in [4.78, 5) is 26.6. The minimum absolute atomic E-state index is 0.0180. The lowest BCUT2D eigenvalue weighted by Gasteiger charge is -2.20. The van der Waals surface area contributed by atoms with Gasteiger partial charge >= 0.3 is 0 Å². The lowest BCUT2D eigenvalue weighted by atomic mass is 10.0. The van der Waals surface area contributed by atoms with E-state index in [4.69, 9.17) is 11.6 Å². The molecule has 0 bridgehead atoms. The van der Waals surface area contributed by atoms with Gasteiger partial charge in [-0.3, -0.25) is 9.59 Å². The van der Waals surface area contributed by atoms with E-state index in [1.54, 1.807) is 43.4 Å². The summed E-state index contributed by atoms with van der Waals surface area (Å²) in [6.45, 7) is 2.94. The van der Waals surface area contributed by atoms with Crippen LogP contribution >= 0.6 is 11.6 Å². The molecule has 2 N–H and O–H groups in total. The van der Waals surface area contributed by atoms with Crippen LogP contribution in [0.5, 0.6) is 0 Å². The number of aliphatic hydroxyl groups excluding tert-OH is 1. The highest BCUT2D eigenvalue weighted by Gasteiger charge is 2.37. The average Bonchev–Trinajstić information content (AvgIpc) is 2.79. The van der Waals surface area contributed by atoms with Gasteiger partial charge in [-0.25, -0.2) is 0 Å². The topological polar surface area (TPSA) is 69.6 Å². The second-order valence-electron chi connectivity index (χ2n) is 8.12. The molecule has 8 heteroatoms. The Morgan fingerprint density at radius 1 is 1.06 bits per heavy atom. The van der Waals surface area contributed by atoms with Gasteiger partial charge in [0.25, 0.3) is 11.8 Å². The van der Waals surface area contributed by atoms with E-state index in [-0.39, 0.29) is 23.8 Å². The van der Waals surface area contributed by atoms with Gasteiger partial charge in [-0.05, 0) is 61.4 Å². The van der Waals surface area contributed by atoms with Gasteiger partial charge in [0.15, 0.2) is 0 Å². The van der Waals surface area contributed by atoms with Gasteiger partial charge in [-0.15, -0.1) is 0 Å². The zero-order valence-corrected chi connectivity index (χ0v) is 19.7. The molecule has 178 valence electrons. The summed E-state index contributed by atoms with van der Waals surface area (Å²) in [5, 5.41) is 12.4. The Morgan fingerprint density at radius 3 is 2.24 bits per heavy atom. The number of nitrogens with zero attached hydrogens (tertiary/aromatic N) is 1. The first-order chi connectivity index (χ1) is 16.0. The predicted octanol–water partition coefficient (Wildman–Crippen LogP) is 5.58. The van der Waals surface area contributed by atoms with Crippen molar-refractivity contribution in [3.05, 3.63) is 94.0 Å². The van der Waals surface area contributed by atoms with Crippen LogP contribution in [-0.4, -0.2) is 30.1 Å². The van der Waals surface area contributed by atoms with E-state index < -0.39 is 12.0 Å². The molecule has 3 aromatic rings. The summed E-state index contributed by atoms with van der Waals surface area (Å²) in [6.07, 6.45) is -1.83. The molecular weight excluding hydrogens is 462 g/mol. The van der Waals surface area contributed by atoms with Crippen LogP contribution in [-0.2, 0) is 17.1 Å². The Balaban J connectivity index is 1.62. The highest BCUT2D eigenvalue weighted by atomic mass is 35.5. The number of anilines is 2. The molecule has 0 aromatic heterocycles. The largest absolute Gasteiger partial charge is 0.387 e. The van der Waals surface area contributed by atoms with Crippen molar-refractivity contribution < 1.29 is 23.5 Å². The van der Waals surface area contributed by atoms with Crippen molar-refractivity contribution in [1.82, 2.24) is 0 Å². The summed E-state index contributed by atoms with van der Waals surface area (Å²) >= 11 is 6.26. The molecule has 34 heavy (non-hydrogen) atoms. The number of carbonyl (C=O) groups is 2. The third-order valence-corrected chi connectivity index (χ3v) is 5.72. The van der Waals surface area contributed by atoms with Gasteiger partial charge in [0.1, 0.15) is 6.10 Å². The van der Waals surface area contributed by atoms with Gasteiger partial charge in [0, 0.05) is 23.9 Å². The number of alkyl halides is 2. The van der Waals surface area contributed by atoms with Crippen LogP contribution in [0.15, 0.2) is 66.7 Å². The number of aryl methyl sites for hydroxylation is 1. The lowest BCUT2D eigenvalue weighted by Crippen LogP contribution is -2.27. The minimum atomic E-state index is -3.36. The Morgan fingerprint density at radius 2 is 1.68 bits per heavy atom. The van der Waals surface area contributed by atoms with Gasteiger partial charge in [-0.2, -0.15) is 8.78 Å². The normalized spacial score (nSPS) is 12.2. The van der Waals surface area contributed by atoms with Crippen molar-refractivity contribution in [1.29, 1.82) is 0 Å². The summed E-state index contributed by atoms with van der Waals surface area (Å²) < 4.78 is 27.7. The summed E-state index contributed by atoms with van der Waals surface area (Å²) in [5.41, 5.74) is 2.73. The first-order valence-corrected chi connectivity index (χ1v) is 11.0. The Hall–Kier alpha value is -3.29. The second kappa shape index (κ2) is 10.3. The average molecular weight is 487 g/mol. The molecule has 3 aromatic carbocycles. The second-order valence-corrected chi connectivity index (χ2v) is 8.52. The number of carbonyl (C=O) groups excluding carboxylic acids is 2. The standard InChI is InChI=1S/C26H25ClF2N2O3/c1-16-4-13-23(22(27)14-16)31(3)25(34)19-7-11-21(12-8-19)30-24(33)15-18-5-9-20(10-6-18)26(28,29)17(2)32/h4-14,17,32H,15H2,1-3H3,(H,30,33)/t17-/m0/s1. The van der Waals surface area contributed by atoms with Crippen LogP contribution in [0, 0.1) is 6.92 Å². The molecular formula is C26H25ClF2N2O3. The minimum Gasteiger partial charge on any atom is -0.387 e. The first kappa shape index (κ1) is 25.3. The fraction of sp³-hybridized carbons (Fsp3) is 0.231. The van der Waals surface area contributed by atoms with Crippen LogP contribution in [0.1, 0.15) is 34.0 Å².